The van der Waals surface area contributed by atoms with Crippen LogP contribution in [0.25, 0.3) is 10.2 Å². The molecule has 2 aromatic heterocycles. The van der Waals surface area contributed by atoms with E-state index in [2.05, 4.69) is 15.3 Å². The Morgan fingerprint density at radius 2 is 2.23 bits per heavy atom. The molecule has 0 atom stereocenters. The summed E-state index contributed by atoms with van der Waals surface area (Å²) in [5.41, 5.74) is 1.74. The third kappa shape index (κ3) is 3.43. The largest absolute Gasteiger partial charge is 0.324 e. The average molecular weight is 408 g/mol. The van der Waals surface area contributed by atoms with Crippen LogP contribution >= 0.6 is 34.7 Å². The van der Waals surface area contributed by atoms with Gasteiger partial charge in [0.25, 0.3) is 0 Å². The van der Waals surface area contributed by atoms with Crippen molar-refractivity contribution in [2.45, 2.75) is 31.2 Å². The molecule has 0 aliphatic heterocycles. The summed E-state index contributed by atoms with van der Waals surface area (Å²) in [6.45, 7) is 1.87. The summed E-state index contributed by atoms with van der Waals surface area (Å²) in [5, 5.41) is 4.85. The molecule has 1 aliphatic rings. The summed E-state index contributed by atoms with van der Waals surface area (Å²) in [5.74, 6) is 0.262. The number of aryl methyl sites for hydroxylation is 3. The van der Waals surface area contributed by atoms with E-state index in [9.17, 15) is 9.18 Å². The van der Waals surface area contributed by atoms with Gasteiger partial charge >= 0.3 is 0 Å². The number of carbonyl (C=O) groups excluding carboxylic acids is 1. The van der Waals surface area contributed by atoms with Gasteiger partial charge in [0, 0.05) is 10.3 Å². The second kappa shape index (κ2) is 7.13. The fraction of sp³-hybridized carbons (Fsp3) is 0.278. The average Bonchev–Trinajstić information content (AvgIpc) is 3.15. The van der Waals surface area contributed by atoms with Crippen molar-refractivity contribution in [2.24, 2.45) is 0 Å². The molecule has 0 fully saturated rings. The minimum Gasteiger partial charge on any atom is -0.324 e. The van der Waals surface area contributed by atoms with Gasteiger partial charge in [-0.25, -0.2) is 14.4 Å². The standard InChI is InChI=1S/C18H15ClFN3OS2/c1-9-21-17(16-11-3-2-4-14(11)26-18(16)22-9)25-8-15(24)23-13-6-5-10(20)7-12(13)19/h5-7H,2-4,8H2,1H3,(H,23,24). The Morgan fingerprint density at radius 1 is 1.38 bits per heavy atom. The van der Waals surface area contributed by atoms with E-state index in [-0.39, 0.29) is 16.7 Å². The smallest absolute Gasteiger partial charge is 0.234 e. The van der Waals surface area contributed by atoms with Crippen molar-refractivity contribution < 1.29 is 9.18 Å². The number of aromatic nitrogens is 2. The van der Waals surface area contributed by atoms with Gasteiger partial charge in [-0.1, -0.05) is 23.4 Å². The number of benzene rings is 1. The molecule has 0 radical (unpaired) electrons. The minimum atomic E-state index is -0.437. The quantitative estimate of drug-likeness (QED) is 0.487. The van der Waals surface area contributed by atoms with Gasteiger partial charge in [-0.3, -0.25) is 4.79 Å². The molecule has 4 rings (SSSR count). The highest BCUT2D eigenvalue weighted by Crippen LogP contribution is 2.40. The summed E-state index contributed by atoms with van der Waals surface area (Å²) in [6, 6.07) is 3.90. The van der Waals surface area contributed by atoms with Gasteiger partial charge < -0.3 is 5.32 Å². The third-order valence-electron chi connectivity index (χ3n) is 4.19. The first-order valence-corrected chi connectivity index (χ1v) is 10.4. The lowest BCUT2D eigenvalue weighted by molar-refractivity contribution is -0.113. The molecule has 0 spiro atoms. The van der Waals surface area contributed by atoms with Gasteiger partial charge in [-0.05, 0) is 49.9 Å². The molecule has 4 nitrogen and oxygen atoms in total. The molecule has 1 aliphatic carbocycles. The SMILES string of the molecule is Cc1nc(SCC(=O)Nc2ccc(F)cc2Cl)c2c3c(sc2n1)CCC3. The van der Waals surface area contributed by atoms with Crippen LogP contribution < -0.4 is 5.32 Å². The fourth-order valence-electron chi connectivity index (χ4n) is 3.08. The highest BCUT2D eigenvalue weighted by Gasteiger charge is 2.22. The van der Waals surface area contributed by atoms with E-state index in [1.54, 1.807) is 11.3 Å². The molecule has 1 amide bonds. The van der Waals surface area contributed by atoms with E-state index < -0.39 is 5.82 Å². The van der Waals surface area contributed by atoms with Gasteiger partial charge in [-0.2, -0.15) is 0 Å². The molecule has 3 aromatic rings. The van der Waals surface area contributed by atoms with Crippen LogP contribution in [0.3, 0.4) is 0 Å². The lowest BCUT2D eigenvalue weighted by Gasteiger charge is -2.08. The van der Waals surface area contributed by atoms with Crippen molar-refractivity contribution in [2.75, 3.05) is 11.1 Å². The molecule has 0 unspecified atom stereocenters. The molecule has 134 valence electrons. The predicted octanol–water partition coefficient (Wildman–Crippen LogP) is 5.01. The van der Waals surface area contributed by atoms with Gasteiger partial charge in [0.05, 0.1) is 16.5 Å². The first-order chi connectivity index (χ1) is 12.5. The molecule has 0 bridgehead atoms. The van der Waals surface area contributed by atoms with Gasteiger partial charge in [0.1, 0.15) is 21.5 Å². The molecular formula is C18H15ClFN3OS2. The molecule has 26 heavy (non-hydrogen) atoms. The van der Waals surface area contributed by atoms with Crippen molar-refractivity contribution >= 4 is 56.5 Å². The van der Waals surface area contributed by atoms with E-state index in [0.29, 0.717) is 11.5 Å². The number of halogens is 2. The van der Waals surface area contributed by atoms with Crippen molar-refractivity contribution in [3.05, 3.63) is 45.3 Å². The number of hydrogen-bond acceptors (Lipinski definition) is 5. The summed E-state index contributed by atoms with van der Waals surface area (Å²) in [4.78, 5) is 23.8. The zero-order chi connectivity index (χ0) is 18.3. The number of nitrogens with one attached hydrogen (secondary N) is 1. The number of rotatable bonds is 4. The Balaban J connectivity index is 1.53. The minimum absolute atomic E-state index is 0.180. The van der Waals surface area contributed by atoms with Gasteiger partial charge in [0.2, 0.25) is 5.91 Å². The van der Waals surface area contributed by atoms with Crippen LogP contribution in [0.15, 0.2) is 23.2 Å². The molecule has 1 aromatic carbocycles. The topological polar surface area (TPSA) is 54.9 Å². The molecule has 1 N–H and O–H groups in total. The van der Waals surface area contributed by atoms with Gasteiger partial charge in [0.15, 0.2) is 0 Å². The van der Waals surface area contributed by atoms with Crippen LogP contribution in [0.4, 0.5) is 10.1 Å². The first kappa shape index (κ1) is 17.7. The van der Waals surface area contributed by atoms with Crippen molar-refractivity contribution in [1.29, 1.82) is 0 Å². The second-order valence-corrected chi connectivity index (χ2v) is 8.53. The maximum atomic E-state index is 13.1. The Kier molecular flexibility index (Phi) is 4.86. The van der Waals surface area contributed by atoms with Crippen molar-refractivity contribution in [3.8, 4) is 0 Å². The van der Waals surface area contributed by atoms with Crippen molar-refractivity contribution in [1.82, 2.24) is 9.97 Å². The van der Waals surface area contributed by atoms with E-state index in [1.807, 2.05) is 6.92 Å². The molecule has 0 saturated heterocycles. The van der Waals surface area contributed by atoms with E-state index in [4.69, 9.17) is 11.6 Å². The lowest BCUT2D eigenvalue weighted by atomic mass is 10.2. The van der Waals surface area contributed by atoms with Crippen LogP contribution in [0.1, 0.15) is 22.7 Å². The highest BCUT2D eigenvalue weighted by atomic mass is 35.5. The van der Waals surface area contributed by atoms with E-state index in [1.165, 1.54) is 46.8 Å². The maximum absolute atomic E-state index is 13.1. The van der Waals surface area contributed by atoms with Crippen LogP contribution in [-0.2, 0) is 17.6 Å². The highest BCUT2D eigenvalue weighted by molar-refractivity contribution is 8.00. The Morgan fingerprint density at radius 3 is 3.04 bits per heavy atom. The molecule has 2 heterocycles. The Hall–Kier alpha value is -1.70. The predicted molar refractivity (Wildman–Crippen MR) is 105 cm³/mol. The number of anilines is 1. The van der Waals surface area contributed by atoms with Crippen LogP contribution in [-0.4, -0.2) is 21.6 Å². The molecular weight excluding hydrogens is 393 g/mol. The summed E-state index contributed by atoms with van der Waals surface area (Å²) < 4.78 is 13.1. The third-order valence-corrected chi connectivity index (χ3v) is 6.66. The molecule has 8 heteroatoms. The fourth-order valence-corrected chi connectivity index (χ4v) is 5.57. The summed E-state index contributed by atoms with van der Waals surface area (Å²) >= 11 is 9.09. The number of thioether (sulfide) groups is 1. The van der Waals surface area contributed by atoms with Crippen LogP contribution in [0.2, 0.25) is 5.02 Å². The number of thiophene rings is 1. The van der Waals surface area contributed by atoms with Crippen molar-refractivity contribution in [3.63, 3.8) is 0 Å². The summed E-state index contributed by atoms with van der Waals surface area (Å²) in [7, 11) is 0. The molecule has 0 saturated carbocycles. The van der Waals surface area contributed by atoms with Gasteiger partial charge in [-0.15, -0.1) is 11.3 Å². The maximum Gasteiger partial charge on any atom is 0.234 e. The lowest BCUT2D eigenvalue weighted by Crippen LogP contribution is -2.14. The number of fused-ring (bicyclic) bond motifs is 3. The zero-order valence-electron chi connectivity index (χ0n) is 13.9. The number of hydrogen-bond donors (Lipinski definition) is 1. The Labute approximate surface area is 163 Å². The number of amides is 1. The van der Waals surface area contributed by atoms with Crippen LogP contribution in [0, 0.1) is 12.7 Å². The van der Waals surface area contributed by atoms with Crippen LogP contribution in [0.5, 0.6) is 0 Å². The number of nitrogens with zero attached hydrogens (tertiary/aromatic N) is 2. The number of carbonyl (C=O) groups is 1. The first-order valence-electron chi connectivity index (χ1n) is 8.18. The zero-order valence-corrected chi connectivity index (χ0v) is 16.3. The second-order valence-electron chi connectivity index (χ2n) is 6.07. The normalized spacial score (nSPS) is 13.2. The Bertz CT molecular complexity index is 1020. The summed E-state index contributed by atoms with van der Waals surface area (Å²) in [6.07, 6.45) is 3.31. The van der Waals surface area contributed by atoms with E-state index in [0.717, 1.165) is 28.1 Å². The van der Waals surface area contributed by atoms with E-state index >= 15 is 0 Å². The monoisotopic (exact) mass is 407 g/mol.